The Hall–Kier alpha value is -2.33. The van der Waals surface area contributed by atoms with Crippen LogP contribution in [0.1, 0.15) is 22.8 Å². The Morgan fingerprint density at radius 3 is 2.63 bits per heavy atom. The second-order valence-electron chi connectivity index (χ2n) is 7.01. The van der Waals surface area contributed by atoms with Crippen molar-refractivity contribution in [3.8, 4) is 0 Å². The van der Waals surface area contributed by atoms with Gasteiger partial charge in [0.05, 0.1) is 28.3 Å². The highest BCUT2D eigenvalue weighted by atomic mass is 32.2. The predicted octanol–water partition coefficient (Wildman–Crippen LogP) is 3.29. The van der Waals surface area contributed by atoms with E-state index < -0.39 is 10.0 Å². The van der Waals surface area contributed by atoms with Crippen LogP contribution >= 0.6 is 11.3 Å². The van der Waals surface area contributed by atoms with Gasteiger partial charge in [-0.3, -0.25) is 9.69 Å². The lowest BCUT2D eigenvalue weighted by atomic mass is 10.1. The zero-order valence-corrected chi connectivity index (χ0v) is 18.5. The number of sulfonamides is 1. The molecule has 1 fully saturated rings. The molecule has 0 aliphatic carbocycles. The van der Waals surface area contributed by atoms with Crippen LogP contribution in [0.3, 0.4) is 0 Å². The maximum Gasteiger partial charge on any atom is 0.260 e. The number of hydrogen-bond acceptors (Lipinski definition) is 6. The molecule has 158 valence electrons. The van der Waals surface area contributed by atoms with Crippen LogP contribution in [0.2, 0.25) is 0 Å². The summed E-state index contributed by atoms with van der Waals surface area (Å²) >= 11 is 1.44. The monoisotopic (exact) mass is 445 g/mol. The Morgan fingerprint density at radius 1 is 1.20 bits per heavy atom. The number of thiazole rings is 1. The van der Waals surface area contributed by atoms with Crippen molar-refractivity contribution in [2.45, 2.75) is 18.7 Å². The standard InChI is InChI=1S/C21H23N3O4S2/c1-3-24(21-22-18-6-4-5-7-19(18)29-21)20(25)17-14-16(9-8-15(17)2)30(26,27)23-10-12-28-13-11-23/h4-9,14H,3,10-13H2,1-2H3. The van der Waals surface area contributed by atoms with Crippen molar-refractivity contribution in [1.29, 1.82) is 0 Å². The Balaban J connectivity index is 1.70. The van der Waals surface area contributed by atoms with E-state index >= 15 is 0 Å². The third-order valence-corrected chi connectivity index (χ3v) is 8.08. The molecule has 7 nitrogen and oxygen atoms in total. The lowest BCUT2D eigenvalue weighted by Crippen LogP contribution is -2.40. The summed E-state index contributed by atoms with van der Waals surface area (Å²) in [5.74, 6) is -0.256. The van der Waals surface area contributed by atoms with Crippen LogP contribution in [0.15, 0.2) is 47.4 Å². The number of rotatable bonds is 5. The van der Waals surface area contributed by atoms with Gasteiger partial charge in [-0.1, -0.05) is 29.5 Å². The van der Waals surface area contributed by atoms with Crippen LogP contribution in [-0.4, -0.2) is 56.5 Å². The largest absolute Gasteiger partial charge is 0.379 e. The van der Waals surface area contributed by atoms with Crippen LogP contribution in [0, 0.1) is 6.92 Å². The van der Waals surface area contributed by atoms with Gasteiger partial charge in [-0.2, -0.15) is 4.31 Å². The molecule has 4 rings (SSSR count). The van der Waals surface area contributed by atoms with E-state index in [1.807, 2.05) is 38.1 Å². The molecule has 1 saturated heterocycles. The smallest absolute Gasteiger partial charge is 0.260 e. The molecule has 0 unspecified atom stereocenters. The number of morpholine rings is 1. The summed E-state index contributed by atoms with van der Waals surface area (Å²) in [4.78, 5) is 19.7. The molecule has 1 aliphatic heterocycles. The van der Waals surface area contributed by atoms with Gasteiger partial charge in [0.25, 0.3) is 5.91 Å². The van der Waals surface area contributed by atoms with E-state index in [4.69, 9.17) is 4.74 Å². The first-order chi connectivity index (χ1) is 14.4. The van der Waals surface area contributed by atoms with Crippen molar-refractivity contribution in [2.24, 2.45) is 0 Å². The number of carbonyl (C=O) groups excluding carboxylic acids is 1. The molecule has 30 heavy (non-hydrogen) atoms. The number of benzene rings is 2. The molecule has 0 spiro atoms. The number of anilines is 1. The third-order valence-electron chi connectivity index (χ3n) is 5.12. The van der Waals surface area contributed by atoms with Gasteiger partial charge in [-0.25, -0.2) is 13.4 Å². The van der Waals surface area contributed by atoms with Crippen molar-refractivity contribution >= 4 is 42.6 Å². The van der Waals surface area contributed by atoms with E-state index in [9.17, 15) is 13.2 Å². The van der Waals surface area contributed by atoms with E-state index in [1.54, 1.807) is 17.0 Å². The maximum atomic E-state index is 13.4. The summed E-state index contributed by atoms with van der Waals surface area (Å²) in [6.07, 6.45) is 0. The van der Waals surface area contributed by atoms with Crippen molar-refractivity contribution in [2.75, 3.05) is 37.7 Å². The first kappa shape index (κ1) is 20.9. The van der Waals surface area contributed by atoms with E-state index in [-0.39, 0.29) is 10.8 Å². The molecular weight excluding hydrogens is 422 g/mol. The molecule has 0 saturated carbocycles. The first-order valence-electron chi connectivity index (χ1n) is 9.78. The molecule has 0 radical (unpaired) electrons. The highest BCUT2D eigenvalue weighted by molar-refractivity contribution is 7.89. The Morgan fingerprint density at radius 2 is 1.93 bits per heavy atom. The Kier molecular flexibility index (Phi) is 5.88. The van der Waals surface area contributed by atoms with Crippen LogP contribution in [-0.2, 0) is 14.8 Å². The number of nitrogens with zero attached hydrogens (tertiary/aromatic N) is 3. The van der Waals surface area contributed by atoms with Gasteiger partial charge in [0.2, 0.25) is 10.0 Å². The topological polar surface area (TPSA) is 79.8 Å². The van der Waals surface area contributed by atoms with Crippen molar-refractivity contribution in [1.82, 2.24) is 9.29 Å². The van der Waals surface area contributed by atoms with Gasteiger partial charge in [0, 0.05) is 25.2 Å². The number of carbonyl (C=O) groups is 1. The fraction of sp³-hybridized carbons (Fsp3) is 0.333. The number of aryl methyl sites for hydroxylation is 1. The van der Waals surface area contributed by atoms with E-state index in [1.165, 1.54) is 21.7 Å². The highest BCUT2D eigenvalue weighted by Gasteiger charge is 2.28. The average molecular weight is 446 g/mol. The lowest BCUT2D eigenvalue weighted by Gasteiger charge is -2.26. The molecule has 1 amide bonds. The fourth-order valence-electron chi connectivity index (χ4n) is 3.41. The number of aromatic nitrogens is 1. The first-order valence-corrected chi connectivity index (χ1v) is 12.0. The fourth-order valence-corrected chi connectivity index (χ4v) is 5.88. The molecular formula is C21H23N3O4S2. The number of amides is 1. The number of para-hydroxylation sites is 1. The summed E-state index contributed by atoms with van der Waals surface area (Å²) in [5, 5.41) is 0.601. The van der Waals surface area contributed by atoms with E-state index in [0.29, 0.717) is 43.5 Å². The van der Waals surface area contributed by atoms with Crippen molar-refractivity contribution < 1.29 is 17.9 Å². The minimum atomic E-state index is -3.68. The predicted molar refractivity (Wildman–Crippen MR) is 118 cm³/mol. The molecule has 0 N–H and O–H groups in total. The summed E-state index contributed by atoms with van der Waals surface area (Å²) in [6, 6.07) is 12.5. The molecule has 1 aromatic heterocycles. The zero-order valence-electron chi connectivity index (χ0n) is 16.9. The minimum absolute atomic E-state index is 0.124. The molecule has 2 aromatic carbocycles. The van der Waals surface area contributed by atoms with Crippen LogP contribution in [0.25, 0.3) is 10.2 Å². The quantitative estimate of drug-likeness (QED) is 0.602. The summed E-state index contributed by atoms with van der Waals surface area (Å²) in [6.45, 7) is 5.49. The van der Waals surface area contributed by atoms with E-state index in [2.05, 4.69) is 4.98 Å². The summed E-state index contributed by atoms with van der Waals surface area (Å²) in [7, 11) is -3.68. The average Bonchev–Trinajstić information content (AvgIpc) is 3.18. The molecule has 0 atom stereocenters. The van der Waals surface area contributed by atoms with Gasteiger partial charge in [0.15, 0.2) is 5.13 Å². The number of ether oxygens (including phenoxy) is 1. The zero-order chi connectivity index (χ0) is 21.3. The minimum Gasteiger partial charge on any atom is -0.379 e. The van der Waals surface area contributed by atoms with Gasteiger partial charge >= 0.3 is 0 Å². The maximum absolute atomic E-state index is 13.4. The molecule has 3 aromatic rings. The normalized spacial score (nSPS) is 15.4. The molecule has 9 heteroatoms. The summed E-state index contributed by atoms with van der Waals surface area (Å²) in [5.41, 5.74) is 1.93. The Labute approximate surface area is 179 Å². The van der Waals surface area contributed by atoms with Crippen LogP contribution in [0.4, 0.5) is 5.13 Å². The Bertz CT molecular complexity index is 1150. The number of hydrogen-bond donors (Lipinski definition) is 0. The van der Waals surface area contributed by atoms with Crippen molar-refractivity contribution in [3.05, 3.63) is 53.6 Å². The van der Waals surface area contributed by atoms with Crippen LogP contribution < -0.4 is 4.90 Å². The highest BCUT2D eigenvalue weighted by Crippen LogP contribution is 2.30. The van der Waals surface area contributed by atoms with Gasteiger partial charge in [-0.15, -0.1) is 0 Å². The lowest BCUT2D eigenvalue weighted by molar-refractivity contribution is 0.0730. The van der Waals surface area contributed by atoms with Crippen molar-refractivity contribution in [3.63, 3.8) is 0 Å². The van der Waals surface area contributed by atoms with E-state index in [0.717, 1.165) is 15.8 Å². The molecule has 2 heterocycles. The van der Waals surface area contributed by atoms with Crippen LogP contribution in [0.5, 0.6) is 0 Å². The van der Waals surface area contributed by atoms with Gasteiger partial charge < -0.3 is 4.74 Å². The SMILES string of the molecule is CCN(C(=O)c1cc(S(=O)(=O)N2CCOCC2)ccc1C)c1nc2ccccc2s1. The molecule has 0 bridgehead atoms. The second-order valence-corrected chi connectivity index (χ2v) is 9.95. The third kappa shape index (κ3) is 3.85. The number of fused-ring (bicyclic) bond motifs is 1. The van der Waals surface area contributed by atoms with Gasteiger partial charge in [0.1, 0.15) is 0 Å². The summed E-state index contributed by atoms with van der Waals surface area (Å²) < 4.78 is 33.7. The molecule has 1 aliphatic rings. The second kappa shape index (κ2) is 8.43. The van der Waals surface area contributed by atoms with Gasteiger partial charge in [-0.05, 0) is 43.7 Å².